The van der Waals surface area contributed by atoms with Crippen molar-refractivity contribution in [2.45, 2.75) is 35.8 Å². The molecule has 24 nitrogen and oxygen atoms in total. The lowest BCUT2D eigenvalue weighted by Gasteiger charge is -2.14. The van der Waals surface area contributed by atoms with E-state index in [0.29, 0.717) is 23.2 Å². The molecule has 27 heteroatoms. The quantitative estimate of drug-likeness (QED) is 0.00786. The van der Waals surface area contributed by atoms with E-state index in [4.69, 9.17) is 34.9 Å². The van der Waals surface area contributed by atoms with E-state index in [0.717, 1.165) is 12.1 Å². The average Bonchev–Trinajstić information content (AvgIpc) is 3.23. The second kappa shape index (κ2) is 21.4. The van der Waals surface area contributed by atoms with E-state index < -0.39 is 69.8 Å². The standard InChI is InChI=1S/C36H38N8O16S3/c1-17-5-28(31(56-15-21(47)13-45)11-26(17)40-39-20-3-4-24(37)30(9-20)58-62(51)52)42-41-27-12-32(57-16-22(48)14-46)29(6-18(27)2)43-44-35-33(61-60-59-50)7-19-8-34(63(53,54)55)25(38)10-23(19)36(35)49/h3-12,21-22,45-50H,13-16,37-38H2,1-2H3,(H,51,52)(H,53,54,55). The highest BCUT2D eigenvalue weighted by atomic mass is 32.2. The molecule has 0 saturated carbocycles. The zero-order chi connectivity index (χ0) is 46.0. The molecule has 3 unspecified atom stereocenters. The van der Waals surface area contributed by atoms with Crippen molar-refractivity contribution in [3.8, 4) is 23.0 Å². The van der Waals surface area contributed by atoms with E-state index in [1.54, 1.807) is 19.9 Å². The van der Waals surface area contributed by atoms with Crippen molar-refractivity contribution >= 4 is 89.8 Å². The lowest BCUT2D eigenvalue weighted by atomic mass is 10.1. The van der Waals surface area contributed by atoms with Gasteiger partial charge in [-0.2, -0.15) is 28.0 Å². The van der Waals surface area contributed by atoms with E-state index in [9.17, 15) is 42.7 Å². The molecule has 0 radical (unpaired) electrons. The number of phenols is 1. The first-order valence-corrected chi connectivity index (χ1v) is 20.9. The van der Waals surface area contributed by atoms with Gasteiger partial charge in [0.2, 0.25) is 0 Å². The second-order valence-electron chi connectivity index (χ2n) is 13.0. The third-order valence-corrected chi connectivity index (χ3v) is 10.3. The molecule has 12 N–H and O–H groups in total. The third kappa shape index (κ3) is 12.6. The molecule has 0 fully saturated rings. The van der Waals surface area contributed by atoms with Crippen LogP contribution in [0.5, 0.6) is 23.0 Å². The minimum absolute atomic E-state index is 0.00424. The summed E-state index contributed by atoms with van der Waals surface area (Å²) in [5.74, 6) is -0.667. The van der Waals surface area contributed by atoms with E-state index in [-0.39, 0.29) is 79.3 Å². The summed E-state index contributed by atoms with van der Waals surface area (Å²) in [5, 5.41) is 88.2. The number of aliphatic hydroxyl groups excluding tert-OH is 4. The summed E-state index contributed by atoms with van der Waals surface area (Å²) < 4.78 is 74.5. The number of ether oxygens (including phenoxy) is 2. The van der Waals surface area contributed by atoms with Gasteiger partial charge in [0, 0.05) is 23.6 Å². The van der Waals surface area contributed by atoms with Gasteiger partial charge in [0.15, 0.2) is 11.5 Å². The third-order valence-electron chi connectivity index (χ3n) is 8.41. The lowest BCUT2D eigenvalue weighted by molar-refractivity contribution is -0.432. The Morgan fingerprint density at radius 1 is 0.746 bits per heavy atom. The maximum absolute atomic E-state index is 11.9. The van der Waals surface area contributed by atoms with Crippen LogP contribution in [0.1, 0.15) is 11.1 Å². The fraction of sp³-hybridized carbons (Fsp3) is 0.222. The number of azo groups is 3. The summed E-state index contributed by atoms with van der Waals surface area (Å²) in [4.78, 5) is -0.707. The van der Waals surface area contributed by atoms with Crippen LogP contribution in [-0.4, -0.2) is 91.2 Å². The van der Waals surface area contributed by atoms with Crippen LogP contribution in [0.4, 0.5) is 45.5 Å². The molecule has 0 aliphatic heterocycles. The number of hydrogen-bond donors (Lipinski definition) is 10. The number of nitrogen functional groups attached to an aromatic ring is 2. The summed E-state index contributed by atoms with van der Waals surface area (Å²) in [5.41, 5.74) is 12.8. The van der Waals surface area contributed by atoms with E-state index in [1.165, 1.54) is 42.5 Å². The zero-order valence-corrected chi connectivity index (χ0v) is 35.1. The van der Waals surface area contributed by atoms with Crippen LogP contribution in [0.2, 0.25) is 0 Å². The number of aromatic hydroxyl groups is 1. The second-order valence-corrected chi connectivity index (χ2v) is 15.7. The van der Waals surface area contributed by atoms with Crippen LogP contribution >= 0.6 is 12.0 Å². The Hall–Kier alpha value is -5.95. The van der Waals surface area contributed by atoms with Crippen molar-refractivity contribution in [1.82, 2.24) is 0 Å². The molecule has 0 saturated heterocycles. The van der Waals surface area contributed by atoms with Crippen molar-refractivity contribution in [3.05, 3.63) is 71.8 Å². The van der Waals surface area contributed by atoms with Gasteiger partial charge in [-0.05, 0) is 72.8 Å². The maximum Gasteiger partial charge on any atom is 0.357 e. The number of benzene rings is 5. The predicted molar refractivity (Wildman–Crippen MR) is 225 cm³/mol. The van der Waals surface area contributed by atoms with Gasteiger partial charge in [0.05, 0.1) is 58.6 Å². The molecule has 0 heterocycles. The number of rotatable bonds is 20. The Labute approximate surface area is 363 Å². The molecule has 0 aromatic heterocycles. The number of nitrogens with zero attached hydrogens (tertiary/aromatic N) is 6. The number of phenolic OH excluding ortho intramolecular Hbond substituents is 1. The van der Waals surface area contributed by atoms with Crippen LogP contribution in [0, 0.1) is 13.8 Å². The number of nitrogens with two attached hydrogens (primary N) is 2. The minimum Gasteiger partial charge on any atom is -0.505 e. The summed E-state index contributed by atoms with van der Waals surface area (Å²) in [6.45, 7) is 1.27. The molecule has 0 bridgehead atoms. The van der Waals surface area contributed by atoms with Gasteiger partial charge in [-0.1, -0.05) is 5.04 Å². The highest BCUT2D eigenvalue weighted by molar-refractivity contribution is 7.94. The minimum atomic E-state index is -4.76. The van der Waals surface area contributed by atoms with Gasteiger partial charge in [-0.15, -0.1) is 19.7 Å². The average molecular weight is 935 g/mol. The molecule has 336 valence electrons. The lowest BCUT2D eigenvalue weighted by Crippen LogP contribution is -2.21. The normalized spacial score (nSPS) is 13.6. The summed E-state index contributed by atoms with van der Waals surface area (Å²) in [6, 6.07) is 13.4. The van der Waals surface area contributed by atoms with Crippen LogP contribution in [0.15, 0.2) is 101 Å². The van der Waals surface area contributed by atoms with Crippen molar-refractivity contribution in [1.29, 1.82) is 0 Å². The largest absolute Gasteiger partial charge is 0.505 e. The first-order chi connectivity index (χ1) is 29.9. The summed E-state index contributed by atoms with van der Waals surface area (Å²) >= 11 is -2.29. The summed E-state index contributed by atoms with van der Waals surface area (Å²) in [7, 11) is -4.76. The van der Waals surface area contributed by atoms with Crippen LogP contribution in [0.3, 0.4) is 0 Å². The number of hydrogen-bond acceptors (Lipinski definition) is 23. The Morgan fingerprint density at radius 3 is 1.84 bits per heavy atom. The molecular formula is C36H38N8O16S3. The van der Waals surface area contributed by atoms with Crippen LogP contribution < -0.4 is 25.1 Å². The van der Waals surface area contributed by atoms with Gasteiger partial charge < -0.3 is 50.7 Å². The number of fused-ring (bicyclic) bond motifs is 1. The topological polar surface area (TPSA) is 385 Å². The maximum atomic E-state index is 11.9. The molecule has 0 aliphatic rings. The smallest absolute Gasteiger partial charge is 0.357 e. The van der Waals surface area contributed by atoms with Gasteiger partial charge >= 0.3 is 11.4 Å². The van der Waals surface area contributed by atoms with Gasteiger partial charge in [0.25, 0.3) is 10.1 Å². The van der Waals surface area contributed by atoms with Gasteiger partial charge in [0.1, 0.15) is 58.9 Å². The molecule has 0 amide bonds. The molecular weight excluding hydrogens is 897 g/mol. The number of aryl methyl sites for hydroxylation is 2. The highest BCUT2D eigenvalue weighted by Gasteiger charge is 2.21. The molecule has 5 rings (SSSR count). The number of anilines is 2. The number of aliphatic hydroxyl groups is 4. The first kappa shape index (κ1) is 48.1. The molecule has 5 aromatic carbocycles. The van der Waals surface area contributed by atoms with E-state index >= 15 is 0 Å². The molecule has 63 heavy (non-hydrogen) atoms. The Bertz CT molecular complexity index is 2710. The molecule has 5 aromatic rings. The SMILES string of the molecule is Cc1cc(N=Nc2cc(OCC(O)CO)c(N=Nc3c(SOOO)cc4cc(S(=O)(=O)O)c(N)cc4c3O)cc2C)c(OCC(O)CO)cc1N=Nc1ccc(N)c(OS(=O)O)c1. The summed E-state index contributed by atoms with van der Waals surface area (Å²) in [6.07, 6.45) is -2.58. The molecule has 0 aliphatic carbocycles. The Morgan fingerprint density at radius 2 is 1.30 bits per heavy atom. The molecule has 0 spiro atoms. The van der Waals surface area contributed by atoms with Crippen molar-refractivity contribution in [3.63, 3.8) is 0 Å². The van der Waals surface area contributed by atoms with E-state index in [1.807, 2.05) is 0 Å². The monoisotopic (exact) mass is 934 g/mol. The van der Waals surface area contributed by atoms with E-state index in [2.05, 4.69) is 40.1 Å². The molecule has 3 atom stereocenters. The Kier molecular flexibility index (Phi) is 16.3. The van der Waals surface area contributed by atoms with Crippen LogP contribution in [0.25, 0.3) is 10.8 Å². The van der Waals surface area contributed by atoms with Crippen LogP contribution in [-0.2, 0) is 30.9 Å². The first-order valence-electron chi connectivity index (χ1n) is 17.7. The highest BCUT2D eigenvalue weighted by Crippen LogP contribution is 2.47. The van der Waals surface area contributed by atoms with Gasteiger partial charge in [-0.25, -0.2) is 5.26 Å². The van der Waals surface area contributed by atoms with Crippen molar-refractivity contribution in [2.75, 3.05) is 37.9 Å². The predicted octanol–water partition coefficient (Wildman–Crippen LogP) is 6.23. The van der Waals surface area contributed by atoms with Gasteiger partial charge in [-0.3, -0.25) is 9.11 Å². The fourth-order valence-corrected chi connectivity index (χ4v) is 6.71. The fourth-order valence-electron chi connectivity index (χ4n) is 5.29. The zero-order valence-electron chi connectivity index (χ0n) is 32.7. The Balaban J connectivity index is 1.55. The van der Waals surface area contributed by atoms with Crippen molar-refractivity contribution < 1.29 is 75.6 Å². The van der Waals surface area contributed by atoms with Crippen molar-refractivity contribution in [2.24, 2.45) is 30.7 Å².